The van der Waals surface area contributed by atoms with E-state index in [9.17, 15) is 14.7 Å². The molecule has 1 aromatic carbocycles. The summed E-state index contributed by atoms with van der Waals surface area (Å²) in [4.78, 5) is 26.9. The maximum Gasteiger partial charge on any atom is 0.322 e. The highest BCUT2D eigenvalue weighted by atomic mass is 16.5. The molecule has 0 aromatic heterocycles. The number of hydrogen-bond donors (Lipinski definition) is 3. The lowest BCUT2D eigenvalue weighted by molar-refractivity contribution is -0.149. The molecular formula is C22H33N3O7. The number of aliphatic hydroxyl groups excluding tert-OH is 1. The second-order valence-electron chi connectivity index (χ2n) is 7.96. The lowest BCUT2D eigenvalue weighted by Gasteiger charge is -2.44. The molecule has 0 bridgehead atoms. The van der Waals surface area contributed by atoms with Crippen molar-refractivity contribution in [2.24, 2.45) is 0 Å². The van der Waals surface area contributed by atoms with Gasteiger partial charge in [0, 0.05) is 13.7 Å². The van der Waals surface area contributed by atoms with Crippen LogP contribution in [-0.2, 0) is 19.0 Å². The van der Waals surface area contributed by atoms with Crippen molar-refractivity contribution < 1.29 is 33.6 Å². The van der Waals surface area contributed by atoms with Crippen molar-refractivity contribution in [1.29, 1.82) is 0 Å². The van der Waals surface area contributed by atoms with Gasteiger partial charge in [-0.25, -0.2) is 4.79 Å². The Hall–Kier alpha value is -2.40. The van der Waals surface area contributed by atoms with E-state index in [2.05, 4.69) is 10.6 Å². The van der Waals surface area contributed by atoms with E-state index in [-0.39, 0.29) is 50.3 Å². The van der Waals surface area contributed by atoms with Crippen LogP contribution in [0, 0.1) is 0 Å². The maximum absolute atomic E-state index is 13.2. The van der Waals surface area contributed by atoms with Crippen LogP contribution in [0.4, 0.5) is 10.5 Å². The molecule has 0 aliphatic carbocycles. The maximum atomic E-state index is 13.2. The third kappa shape index (κ3) is 6.55. The highest BCUT2D eigenvalue weighted by molar-refractivity contribution is 5.91. The number of rotatable bonds is 7. The third-order valence-electron chi connectivity index (χ3n) is 5.63. The number of ether oxygens (including phenoxy) is 4. The number of nitrogens with zero attached hydrogens (tertiary/aromatic N) is 1. The first-order valence-electron chi connectivity index (χ1n) is 10.9. The molecule has 10 nitrogen and oxygen atoms in total. The van der Waals surface area contributed by atoms with Gasteiger partial charge < -0.3 is 39.6 Å². The van der Waals surface area contributed by atoms with Crippen molar-refractivity contribution in [3.05, 3.63) is 24.3 Å². The zero-order valence-corrected chi connectivity index (χ0v) is 18.6. The summed E-state index contributed by atoms with van der Waals surface area (Å²) in [6.45, 7) is 1.36. The van der Waals surface area contributed by atoms with Gasteiger partial charge in [-0.1, -0.05) is 12.1 Å². The van der Waals surface area contributed by atoms with Crippen molar-refractivity contribution in [2.45, 2.75) is 43.6 Å². The van der Waals surface area contributed by atoms with Gasteiger partial charge in [-0.2, -0.15) is 0 Å². The van der Waals surface area contributed by atoms with Crippen molar-refractivity contribution in [3.63, 3.8) is 0 Å². The van der Waals surface area contributed by atoms with Gasteiger partial charge >= 0.3 is 6.03 Å². The summed E-state index contributed by atoms with van der Waals surface area (Å²) in [5.74, 6) is 0.450. The molecular weight excluding hydrogens is 418 g/mol. The number of para-hydroxylation sites is 2. The molecule has 0 saturated carbocycles. The van der Waals surface area contributed by atoms with Crippen molar-refractivity contribution in [3.8, 4) is 5.75 Å². The van der Waals surface area contributed by atoms with Crippen molar-refractivity contribution >= 4 is 17.6 Å². The summed E-state index contributed by atoms with van der Waals surface area (Å²) < 4.78 is 22.0. The van der Waals surface area contributed by atoms with E-state index in [0.29, 0.717) is 37.4 Å². The summed E-state index contributed by atoms with van der Waals surface area (Å²) in [7, 11) is 3.12. The molecule has 2 aliphatic heterocycles. The monoisotopic (exact) mass is 451 g/mol. The fourth-order valence-electron chi connectivity index (χ4n) is 4.08. The van der Waals surface area contributed by atoms with Crippen LogP contribution in [0.2, 0.25) is 0 Å². The SMILES string of the molecule is COCCNC(=O)C[C@@H]1CC[C@H]2[C@@H](COC[C@@H](O)CN2C(=O)Nc2ccccc2OC)O1. The van der Waals surface area contributed by atoms with Gasteiger partial charge in [0.15, 0.2) is 0 Å². The number of anilines is 1. The van der Waals surface area contributed by atoms with Crippen LogP contribution >= 0.6 is 0 Å². The Morgan fingerprint density at radius 2 is 2.03 bits per heavy atom. The van der Waals surface area contributed by atoms with Crippen LogP contribution in [0.15, 0.2) is 24.3 Å². The number of nitrogens with one attached hydrogen (secondary N) is 2. The number of amides is 3. The Morgan fingerprint density at radius 1 is 1.22 bits per heavy atom. The zero-order chi connectivity index (χ0) is 22.9. The summed E-state index contributed by atoms with van der Waals surface area (Å²) in [6, 6.07) is 6.52. The number of aliphatic hydroxyl groups is 1. The Bertz CT molecular complexity index is 763. The van der Waals surface area contributed by atoms with Gasteiger partial charge in [0.2, 0.25) is 5.91 Å². The van der Waals surface area contributed by atoms with Crippen LogP contribution < -0.4 is 15.4 Å². The molecule has 0 radical (unpaired) electrons. The lowest BCUT2D eigenvalue weighted by atomic mass is 9.95. The number of methoxy groups -OCH3 is 2. The van der Waals surface area contributed by atoms with E-state index in [1.165, 1.54) is 0 Å². The topological polar surface area (TPSA) is 119 Å². The second-order valence-corrected chi connectivity index (χ2v) is 7.96. The van der Waals surface area contributed by atoms with Crippen molar-refractivity contribution in [1.82, 2.24) is 10.2 Å². The minimum atomic E-state index is -0.802. The smallest absolute Gasteiger partial charge is 0.322 e. The normalized spacial score (nSPS) is 25.8. The van der Waals surface area contributed by atoms with Gasteiger partial charge in [0.1, 0.15) is 11.9 Å². The van der Waals surface area contributed by atoms with Gasteiger partial charge in [0.25, 0.3) is 0 Å². The quantitative estimate of drug-likeness (QED) is 0.529. The molecule has 3 amide bonds. The highest BCUT2D eigenvalue weighted by Crippen LogP contribution is 2.29. The van der Waals surface area contributed by atoms with Crippen molar-refractivity contribution in [2.75, 3.05) is 52.4 Å². The third-order valence-corrected chi connectivity index (χ3v) is 5.63. The Kier molecular flexibility index (Phi) is 9.10. The van der Waals surface area contributed by atoms with Crippen LogP contribution in [0.1, 0.15) is 19.3 Å². The van der Waals surface area contributed by atoms with Crippen LogP contribution in [0.5, 0.6) is 5.75 Å². The molecule has 3 N–H and O–H groups in total. The minimum Gasteiger partial charge on any atom is -0.495 e. The first-order chi connectivity index (χ1) is 15.5. The minimum absolute atomic E-state index is 0.0987. The summed E-state index contributed by atoms with van der Waals surface area (Å²) >= 11 is 0. The first-order valence-corrected chi connectivity index (χ1v) is 10.9. The number of benzene rings is 1. The average molecular weight is 452 g/mol. The number of urea groups is 1. The van der Waals surface area contributed by atoms with E-state index >= 15 is 0 Å². The Labute approximate surface area is 188 Å². The zero-order valence-electron chi connectivity index (χ0n) is 18.6. The fraction of sp³-hybridized carbons (Fsp3) is 0.636. The number of carbonyl (C=O) groups excluding carboxylic acids is 2. The predicted octanol–water partition coefficient (Wildman–Crippen LogP) is 0.989. The van der Waals surface area contributed by atoms with E-state index in [0.717, 1.165) is 0 Å². The number of fused-ring (bicyclic) bond motifs is 1. The molecule has 2 heterocycles. The van der Waals surface area contributed by atoms with Gasteiger partial charge in [-0.15, -0.1) is 0 Å². The predicted molar refractivity (Wildman–Crippen MR) is 117 cm³/mol. The molecule has 0 unspecified atom stereocenters. The fourth-order valence-corrected chi connectivity index (χ4v) is 4.08. The van der Waals surface area contributed by atoms with Crippen LogP contribution in [0.3, 0.4) is 0 Å². The molecule has 178 valence electrons. The van der Waals surface area contributed by atoms with E-state index < -0.39 is 12.2 Å². The Balaban J connectivity index is 1.66. The molecule has 2 fully saturated rings. The summed E-state index contributed by atoms with van der Waals surface area (Å²) in [5, 5.41) is 16.0. The average Bonchev–Trinajstić information content (AvgIpc) is 2.77. The number of hydrogen-bond acceptors (Lipinski definition) is 7. The van der Waals surface area contributed by atoms with Crippen LogP contribution in [-0.4, -0.2) is 93.4 Å². The second kappa shape index (κ2) is 12.0. The highest BCUT2D eigenvalue weighted by Gasteiger charge is 2.40. The molecule has 4 atom stereocenters. The van der Waals surface area contributed by atoms with E-state index in [1.54, 1.807) is 31.3 Å². The van der Waals surface area contributed by atoms with Gasteiger partial charge in [-0.05, 0) is 25.0 Å². The molecule has 0 spiro atoms. The molecule has 2 saturated heterocycles. The van der Waals surface area contributed by atoms with Crippen LogP contribution in [0.25, 0.3) is 0 Å². The summed E-state index contributed by atoms with van der Waals surface area (Å²) in [5.41, 5.74) is 0.548. The lowest BCUT2D eigenvalue weighted by Crippen LogP contribution is -2.58. The van der Waals surface area contributed by atoms with E-state index in [4.69, 9.17) is 18.9 Å². The molecule has 3 rings (SSSR count). The summed E-state index contributed by atoms with van der Waals surface area (Å²) in [6.07, 6.45) is 0.0397. The largest absolute Gasteiger partial charge is 0.495 e. The molecule has 32 heavy (non-hydrogen) atoms. The number of carbonyl (C=O) groups is 2. The molecule has 1 aromatic rings. The van der Waals surface area contributed by atoms with Gasteiger partial charge in [0.05, 0.1) is 63.8 Å². The van der Waals surface area contributed by atoms with E-state index in [1.807, 2.05) is 12.1 Å². The molecule has 2 aliphatic rings. The number of β-amino-alcohol motifs (C(OH)–C–C–N with tert-alkyl or cyclic N) is 1. The standard InChI is InChI=1S/C22H33N3O7/c1-29-10-9-23-21(27)11-16-7-8-18-20(32-16)14-31-13-15(26)12-25(18)22(28)24-17-5-3-4-6-19(17)30-2/h3-6,15-16,18,20,26H,7-14H2,1-2H3,(H,23,27)(H,24,28)/t15-,16-,18-,20+/m0/s1. The Morgan fingerprint density at radius 3 is 2.81 bits per heavy atom. The van der Waals surface area contributed by atoms with Gasteiger partial charge in [-0.3, -0.25) is 4.79 Å². The molecule has 10 heteroatoms. The first kappa shape index (κ1) is 24.2.